The molecule has 0 amide bonds. The van der Waals surface area contributed by atoms with Gasteiger partial charge < -0.3 is 15.2 Å². The van der Waals surface area contributed by atoms with E-state index in [2.05, 4.69) is 20.8 Å². The SMILES string of the molecule is Cc1noc(CCNC2CNC2)n1. The molecule has 13 heavy (non-hydrogen) atoms. The summed E-state index contributed by atoms with van der Waals surface area (Å²) in [5, 5.41) is 10.3. The quantitative estimate of drug-likeness (QED) is 0.656. The Bertz CT molecular complexity index is 269. The van der Waals surface area contributed by atoms with Gasteiger partial charge in [-0.25, -0.2) is 0 Å². The smallest absolute Gasteiger partial charge is 0.227 e. The van der Waals surface area contributed by atoms with Crippen molar-refractivity contribution >= 4 is 0 Å². The molecule has 0 spiro atoms. The van der Waals surface area contributed by atoms with E-state index in [1.54, 1.807) is 0 Å². The first-order valence-electron chi connectivity index (χ1n) is 4.58. The third kappa shape index (κ3) is 2.26. The minimum absolute atomic E-state index is 0.629. The van der Waals surface area contributed by atoms with Crippen molar-refractivity contribution in [2.24, 2.45) is 0 Å². The molecule has 0 bridgehead atoms. The van der Waals surface area contributed by atoms with Crippen LogP contribution in [0.1, 0.15) is 11.7 Å². The number of hydrogen-bond acceptors (Lipinski definition) is 5. The Morgan fingerprint density at radius 3 is 3.00 bits per heavy atom. The molecule has 0 aromatic carbocycles. The molecule has 0 radical (unpaired) electrons. The Hall–Kier alpha value is -0.940. The first-order valence-corrected chi connectivity index (χ1v) is 4.58. The van der Waals surface area contributed by atoms with Crippen molar-refractivity contribution in [1.29, 1.82) is 0 Å². The molecular weight excluding hydrogens is 168 g/mol. The zero-order chi connectivity index (χ0) is 9.10. The van der Waals surface area contributed by atoms with Gasteiger partial charge in [0.2, 0.25) is 5.89 Å². The van der Waals surface area contributed by atoms with Gasteiger partial charge in [-0.3, -0.25) is 0 Å². The highest BCUT2D eigenvalue weighted by Gasteiger charge is 2.15. The van der Waals surface area contributed by atoms with Gasteiger partial charge in [0.1, 0.15) is 0 Å². The molecule has 0 unspecified atom stereocenters. The highest BCUT2D eigenvalue weighted by molar-refractivity contribution is 4.86. The average Bonchev–Trinajstić information content (AvgIpc) is 2.42. The van der Waals surface area contributed by atoms with E-state index in [0.29, 0.717) is 11.9 Å². The van der Waals surface area contributed by atoms with Crippen molar-refractivity contribution in [2.45, 2.75) is 19.4 Å². The monoisotopic (exact) mass is 182 g/mol. The summed E-state index contributed by atoms with van der Waals surface area (Å²) in [6.07, 6.45) is 0.817. The van der Waals surface area contributed by atoms with Crippen LogP contribution in [0.25, 0.3) is 0 Å². The lowest BCUT2D eigenvalue weighted by molar-refractivity contribution is 0.345. The summed E-state index contributed by atoms with van der Waals surface area (Å²) >= 11 is 0. The minimum atomic E-state index is 0.629. The van der Waals surface area contributed by atoms with Crippen molar-refractivity contribution in [2.75, 3.05) is 19.6 Å². The number of nitrogens with one attached hydrogen (secondary N) is 2. The number of aryl methyl sites for hydroxylation is 1. The van der Waals surface area contributed by atoms with Gasteiger partial charge >= 0.3 is 0 Å². The van der Waals surface area contributed by atoms with Crippen molar-refractivity contribution in [1.82, 2.24) is 20.8 Å². The summed E-state index contributed by atoms with van der Waals surface area (Å²) in [5.41, 5.74) is 0. The van der Waals surface area contributed by atoms with E-state index in [0.717, 1.165) is 31.9 Å². The standard InChI is InChI=1S/C8H14N4O/c1-6-11-8(13-12-6)2-3-10-7-4-9-5-7/h7,9-10H,2-5H2,1H3. The Morgan fingerprint density at radius 2 is 2.46 bits per heavy atom. The molecule has 72 valence electrons. The van der Waals surface area contributed by atoms with Gasteiger partial charge in [-0.1, -0.05) is 5.16 Å². The van der Waals surface area contributed by atoms with Crippen LogP contribution in [0.15, 0.2) is 4.52 Å². The summed E-state index contributed by atoms with van der Waals surface area (Å²) in [6, 6.07) is 0.629. The fourth-order valence-electron chi connectivity index (χ4n) is 1.26. The molecule has 1 aliphatic heterocycles. The van der Waals surface area contributed by atoms with Crippen LogP contribution in [0, 0.1) is 6.92 Å². The fourth-order valence-corrected chi connectivity index (χ4v) is 1.26. The maximum atomic E-state index is 4.98. The Morgan fingerprint density at radius 1 is 1.62 bits per heavy atom. The molecule has 0 saturated carbocycles. The average molecular weight is 182 g/mol. The maximum Gasteiger partial charge on any atom is 0.227 e. The van der Waals surface area contributed by atoms with E-state index >= 15 is 0 Å². The summed E-state index contributed by atoms with van der Waals surface area (Å²) in [6.45, 7) is 4.88. The normalized spacial score (nSPS) is 17.3. The Balaban J connectivity index is 1.67. The van der Waals surface area contributed by atoms with Crippen LogP contribution in [0.4, 0.5) is 0 Å². The van der Waals surface area contributed by atoms with Crippen LogP contribution in [0.2, 0.25) is 0 Å². The van der Waals surface area contributed by atoms with E-state index in [1.807, 2.05) is 6.92 Å². The van der Waals surface area contributed by atoms with E-state index in [1.165, 1.54) is 0 Å². The third-order valence-corrected chi connectivity index (χ3v) is 2.12. The zero-order valence-corrected chi connectivity index (χ0v) is 7.71. The molecule has 1 aliphatic rings. The molecule has 1 aromatic rings. The lowest BCUT2D eigenvalue weighted by Gasteiger charge is -2.27. The maximum absolute atomic E-state index is 4.98. The van der Waals surface area contributed by atoms with Crippen LogP contribution in [0.5, 0.6) is 0 Å². The summed E-state index contributed by atoms with van der Waals surface area (Å²) in [5.74, 6) is 1.43. The van der Waals surface area contributed by atoms with Gasteiger partial charge in [0.15, 0.2) is 5.82 Å². The number of nitrogens with zero attached hydrogens (tertiary/aromatic N) is 2. The van der Waals surface area contributed by atoms with Crippen molar-refractivity contribution in [3.63, 3.8) is 0 Å². The topological polar surface area (TPSA) is 63.0 Å². The summed E-state index contributed by atoms with van der Waals surface area (Å²) in [4.78, 5) is 4.12. The van der Waals surface area contributed by atoms with Crippen LogP contribution >= 0.6 is 0 Å². The van der Waals surface area contributed by atoms with E-state index in [4.69, 9.17) is 4.52 Å². The predicted molar refractivity (Wildman–Crippen MR) is 47.4 cm³/mol. The molecule has 1 fully saturated rings. The second kappa shape index (κ2) is 3.85. The molecule has 1 saturated heterocycles. The van der Waals surface area contributed by atoms with Gasteiger partial charge in [-0.15, -0.1) is 0 Å². The van der Waals surface area contributed by atoms with E-state index in [9.17, 15) is 0 Å². The molecule has 5 nitrogen and oxygen atoms in total. The predicted octanol–water partition coefficient (Wildman–Crippen LogP) is -0.518. The van der Waals surface area contributed by atoms with Crippen LogP contribution in [-0.4, -0.2) is 35.8 Å². The van der Waals surface area contributed by atoms with Crippen LogP contribution in [-0.2, 0) is 6.42 Å². The van der Waals surface area contributed by atoms with Gasteiger partial charge in [0.05, 0.1) is 0 Å². The highest BCUT2D eigenvalue weighted by atomic mass is 16.5. The molecule has 0 aliphatic carbocycles. The lowest BCUT2D eigenvalue weighted by atomic mass is 10.2. The largest absolute Gasteiger partial charge is 0.339 e. The number of hydrogen-bond donors (Lipinski definition) is 2. The molecular formula is C8H14N4O. The molecule has 5 heteroatoms. The fraction of sp³-hybridized carbons (Fsp3) is 0.750. The molecule has 2 rings (SSSR count). The van der Waals surface area contributed by atoms with Crippen molar-refractivity contribution < 1.29 is 4.52 Å². The van der Waals surface area contributed by atoms with Crippen LogP contribution < -0.4 is 10.6 Å². The highest BCUT2D eigenvalue weighted by Crippen LogP contribution is 1.97. The van der Waals surface area contributed by atoms with Gasteiger partial charge in [0, 0.05) is 32.1 Å². The van der Waals surface area contributed by atoms with Crippen LogP contribution in [0.3, 0.4) is 0 Å². The van der Waals surface area contributed by atoms with E-state index < -0.39 is 0 Å². The first kappa shape index (κ1) is 8.65. The second-order valence-electron chi connectivity index (χ2n) is 3.29. The third-order valence-electron chi connectivity index (χ3n) is 2.12. The van der Waals surface area contributed by atoms with E-state index in [-0.39, 0.29) is 0 Å². The number of rotatable bonds is 4. The second-order valence-corrected chi connectivity index (χ2v) is 3.29. The molecule has 1 aromatic heterocycles. The Kier molecular flexibility index (Phi) is 2.56. The molecule has 0 atom stereocenters. The van der Waals surface area contributed by atoms with Gasteiger partial charge in [0.25, 0.3) is 0 Å². The Labute approximate surface area is 76.9 Å². The summed E-state index contributed by atoms with van der Waals surface area (Å²) in [7, 11) is 0. The molecule has 2 heterocycles. The minimum Gasteiger partial charge on any atom is -0.339 e. The van der Waals surface area contributed by atoms with Gasteiger partial charge in [-0.2, -0.15) is 4.98 Å². The van der Waals surface area contributed by atoms with Crippen molar-refractivity contribution in [3.8, 4) is 0 Å². The van der Waals surface area contributed by atoms with Gasteiger partial charge in [-0.05, 0) is 6.92 Å². The first-order chi connectivity index (χ1) is 6.34. The zero-order valence-electron chi connectivity index (χ0n) is 7.71. The summed E-state index contributed by atoms with van der Waals surface area (Å²) < 4.78 is 4.98. The molecule has 2 N–H and O–H groups in total. The lowest BCUT2D eigenvalue weighted by Crippen LogP contribution is -2.55. The van der Waals surface area contributed by atoms with Crippen molar-refractivity contribution in [3.05, 3.63) is 11.7 Å². The number of aromatic nitrogens is 2.